The fraction of sp³-hybridized carbons (Fsp3) is 0.318. The van der Waals surface area contributed by atoms with Crippen molar-refractivity contribution in [3.8, 4) is 5.75 Å². The molecule has 0 aromatic heterocycles. The van der Waals surface area contributed by atoms with Crippen molar-refractivity contribution in [3.05, 3.63) is 65.2 Å². The van der Waals surface area contributed by atoms with Crippen molar-refractivity contribution in [1.29, 1.82) is 0 Å². The summed E-state index contributed by atoms with van der Waals surface area (Å²) >= 11 is 0. The number of ketones is 1. The Morgan fingerprint density at radius 3 is 2.39 bits per heavy atom. The van der Waals surface area contributed by atoms with Crippen LogP contribution in [0, 0.1) is 0 Å². The summed E-state index contributed by atoms with van der Waals surface area (Å²) in [6.45, 7) is 2.16. The second-order valence-corrected chi connectivity index (χ2v) is 6.88. The molecule has 1 unspecified atom stereocenters. The molecular formula is C22H23NO5. The third-order valence-electron chi connectivity index (χ3n) is 4.92. The first-order valence-electron chi connectivity index (χ1n) is 9.28. The smallest absolute Gasteiger partial charge is 0.326 e. The topological polar surface area (TPSA) is 83.9 Å². The summed E-state index contributed by atoms with van der Waals surface area (Å²) in [5.74, 6) is -0.539. The zero-order valence-corrected chi connectivity index (χ0v) is 15.8. The molecule has 2 aromatic rings. The van der Waals surface area contributed by atoms with Gasteiger partial charge in [0.15, 0.2) is 5.78 Å². The summed E-state index contributed by atoms with van der Waals surface area (Å²) < 4.78 is 5.61. The van der Waals surface area contributed by atoms with Crippen LogP contribution in [0.25, 0.3) is 0 Å². The molecule has 1 aliphatic rings. The maximum Gasteiger partial charge on any atom is 0.326 e. The van der Waals surface area contributed by atoms with E-state index in [2.05, 4.69) is 0 Å². The molecule has 1 aliphatic heterocycles. The Morgan fingerprint density at radius 2 is 1.75 bits per heavy atom. The van der Waals surface area contributed by atoms with E-state index in [-0.39, 0.29) is 18.1 Å². The number of hydrogen-bond acceptors (Lipinski definition) is 4. The molecule has 28 heavy (non-hydrogen) atoms. The van der Waals surface area contributed by atoms with Crippen LogP contribution in [0.15, 0.2) is 48.5 Å². The number of carboxylic acids is 1. The number of rotatable bonds is 7. The van der Waals surface area contributed by atoms with Crippen LogP contribution in [0.2, 0.25) is 0 Å². The first-order chi connectivity index (χ1) is 13.5. The summed E-state index contributed by atoms with van der Waals surface area (Å²) in [5, 5.41) is 9.52. The minimum atomic E-state index is -0.982. The van der Waals surface area contributed by atoms with E-state index < -0.39 is 12.0 Å². The number of Topliss-reactive ketones (excluding diaryl/α,β-unsaturated/α-hetero) is 1. The lowest BCUT2D eigenvalue weighted by atomic mass is 9.93. The zero-order valence-electron chi connectivity index (χ0n) is 15.8. The average molecular weight is 381 g/mol. The highest BCUT2D eigenvalue weighted by Gasteiger charge is 2.33. The molecule has 146 valence electrons. The lowest BCUT2D eigenvalue weighted by molar-refractivity contribution is -0.151. The number of fused-ring (bicyclic) bond motifs is 1. The number of nitrogens with zero attached hydrogens (tertiary/aromatic N) is 1. The predicted molar refractivity (Wildman–Crippen MR) is 103 cm³/mol. The molecule has 1 amide bonds. The van der Waals surface area contributed by atoms with Gasteiger partial charge in [-0.25, -0.2) is 4.79 Å². The van der Waals surface area contributed by atoms with Crippen molar-refractivity contribution in [1.82, 2.24) is 4.90 Å². The van der Waals surface area contributed by atoms with Gasteiger partial charge in [-0.05, 0) is 48.7 Å². The number of carbonyl (C=O) groups is 3. The van der Waals surface area contributed by atoms with Gasteiger partial charge >= 0.3 is 5.97 Å². The molecule has 0 fully saturated rings. The highest BCUT2D eigenvalue weighted by molar-refractivity contribution is 5.94. The Morgan fingerprint density at radius 1 is 1.07 bits per heavy atom. The third-order valence-corrected chi connectivity index (χ3v) is 4.92. The molecular weight excluding hydrogens is 358 g/mol. The van der Waals surface area contributed by atoms with Crippen molar-refractivity contribution >= 4 is 17.7 Å². The van der Waals surface area contributed by atoms with Gasteiger partial charge < -0.3 is 14.7 Å². The highest BCUT2D eigenvalue weighted by Crippen LogP contribution is 2.24. The normalized spacial score (nSPS) is 15.6. The largest absolute Gasteiger partial charge is 0.494 e. The van der Waals surface area contributed by atoms with Crippen molar-refractivity contribution in [2.45, 2.75) is 38.8 Å². The van der Waals surface area contributed by atoms with E-state index in [0.29, 0.717) is 37.3 Å². The Kier molecular flexibility index (Phi) is 6.09. The fourth-order valence-electron chi connectivity index (χ4n) is 3.35. The minimum absolute atomic E-state index is 0.00626. The minimum Gasteiger partial charge on any atom is -0.494 e. The van der Waals surface area contributed by atoms with Gasteiger partial charge in [-0.3, -0.25) is 9.59 Å². The molecule has 0 saturated carbocycles. The van der Waals surface area contributed by atoms with E-state index in [1.807, 2.05) is 24.3 Å². The lowest BCUT2D eigenvalue weighted by Gasteiger charge is -2.34. The van der Waals surface area contributed by atoms with Crippen molar-refractivity contribution in [3.63, 3.8) is 0 Å². The monoisotopic (exact) mass is 381 g/mol. The van der Waals surface area contributed by atoms with E-state index in [9.17, 15) is 19.5 Å². The van der Waals surface area contributed by atoms with Crippen LogP contribution in [-0.2, 0) is 22.6 Å². The number of hydrogen-bond donors (Lipinski definition) is 1. The van der Waals surface area contributed by atoms with E-state index >= 15 is 0 Å². The first-order valence-corrected chi connectivity index (χ1v) is 9.28. The summed E-state index contributed by atoms with van der Waals surface area (Å²) in [6.07, 6.45) is 1.03. The molecule has 6 heteroatoms. The van der Waals surface area contributed by atoms with Crippen LogP contribution in [-0.4, -0.2) is 40.3 Å². The van der Waals surface area contributed by atoms with Crippen LogP contribution in [0.3, 0.4) is 0 Å². The number of ether oxygens (including phenoxy) is 1. The number of benzene rings is 2. The lowest BCUT2D eigenvalue weighted by Crippen LogP contribution is -2.48. The van der Waals surface area contributed by atoms with E-state index in [0.717, 1.165) is 11.1 Å². The predicted octanol–water partition coefficient (Wildman–Crippen LogP) is 3.09. The molecule has 0 bridgehead atoms. The molecule has 0 aliphatic carbocycles. The second kappa shape index (κ2) is 8.69. The number of carboxylic acid groups (broad SMARTS) is 1. The molecule has 0 spiro atoms. The van der Waals surface area contributed by atoms with E-state index in [1.165, 1.54) is 11.8 Å². The molecule has 3 rings (SSSR count). The standard InChI is InChI=1S/C22H23NO5/c1-15(24)16-8-10-19(11-9-16)28-12-4-7-21(25)23-14-18-6-3-2-5-17(18)13-20(23)22(26)27/h2-3,5-6,8-11,20H,4,7,12-14H2,1H3,(H,26,27). The summed E-state index contributed by atoms with van der Waals surface area (Å²) in [4.78, 5) is 37.0. The number of carbonyl (C=O) groups excluding carboxylic acids is 2. The Hall–Kier alpha value is -3.15. The molecule has 0 radical (unpaired) electrons. The van der Waals surface area contributed by atoms with Crippen LogP contribution in [0.4, 0.5) is 0 Å². The molecule has 0 saturated heterocycles. The summed E-state index contributed by atoms with van der Waals surface area (Å²) in [6, 6.07) is 13.6. The number of aliphatic carboxylic acids is 1. The van der Waals surface area contributed by atoms with Gasteiger partial charge in [-0.1, -0.05) is 24.3 Å². The molecule has 1 N–H and O–H groups in total. The van der Waals surface area contributed by atoms with Gasteiger partial charge in [0.25, 0.3) is 0 Å². The van der Waals surface area contributed by atoms with E-state index in [4.69, 9.17) is 4.74 Å². The summed E-state index contributed by atoms with van der Waals surface area (Å²) in [5.41, 5.74) is 2.60. The molecule has 1 heterocycles. The molecule has 6 nitrogen and oxygen atoms in total. The second-order valence-electron chi connectivity index (χ2n) is 6.88. The van der Waals surface area contributed by atoms with Crippen LogP contribution in [0.1, 0.15) is 41.3 Å². The van der Waals surface area contributed by atoms with Gasteiger partial charge in [0.05, 0.1) is 6.61 Å². The third kappa shape index (κ3) is 4.57. The van der Waals surface area contributed by atoms with Crippen LogP contribution in [0.5, 0.6) is 5.75 Å². The fourth-order valence-corrected chi connectivity index (χ4v) is 3.35. The molecule has 1 atom stereocenters. The Balaban J connectivity index is 1.53. The Bertz CT molecular complexity index is 875. The molecule has 2 aromatic carbocycles. The van der Waals surface area contributed by atoms with Gasteiger partial charge in [0.2, 0.25) is 5.91 Å². The van der Waals surface area contributed by atoms with Gasteiger partial charge in [-0.2, -0.15) is 0 Å². The van der Waals surface area contributed by atoms with Crippen LogP contribution >= 0.6 is 0 Å². The van der Waals surface area contributed by atoms with Gasteiger partial charge in [0, 0.05) is 24.9 Å². The number of amides is 1. The maximum absolute atomic E-state index is 12.6. The highest BCUT2D eigenvalue weighted by atomic mass is 16.5. The van der Waals surface area contributed by atoms with Crippen molar-refractivity contribution < 1.29 is 24.2 Å². The van der Waals surface area contributed by atoms with Gasteiger partial charge in [0.1, 0.15) is 11.8 Å². The zero-order chi connectivity index (χ0) is 20.1. The SMILES string of the molecule is CC(=O)c1ccc(OCCCC(=O)N2Cc3ccccc3CC2C(=O)O)cc1. The quantitative estimate of drug-likeness (QED) is 0.589. The van der Waals surface area contributed by atoms with Crippen LogP contribution < -0.4 is 4.74 Å². The van der Waals surface area contributed by atoms with E-state index in [1.54, 1.807) is 24.3 Å². The Labute approximate surface area is 163 Å². The van der Waals surface area contributed by atoms with Crippen molar-refractivity contribution in [2.24, 2.45) is 0 Å². The van der Waals surface area contributed by atoms with Gasteiger partial charge in [-0.15, -0.1) is 0 Å². The first kappa shape index (κ1) is 19.6. The summed E-state index contributed by atoms with van der Waals surface area (Å²) in [7, 11) is 0. The average Bonchev–Trinajstić information content (AvgIpc) is 2.70. The maximum atomic E-state index is 12.6. The van der Waals surface area contributed by atoms with Crippen molar-refractivity contribution in [2.75, 3.05) is 6.61 Å².